The average Bonchev–Trinajstić information content (AvgIpc) is 2.41. The summed E-state index contributed by atoms with van der Waals surface area (Å²) in [6.45, 7) is 8.92. The van der Waals surface area contributed by atoms with E-state index in [9.17, 15) is 0 Å². The fourth-order valence-corrected chi connectivity index (χ4v) is 2.62. The minimum atomic E-state index is 0.516. The van der Waals surface area contributed by atoms with Crippen LogP contribution in [0.5, 0.6) is 0 Å². The summed E-state index contributed by atoms with van der Waals surface area (Å²) < 4.78 is 0. The summed E-state index contributed by atoms with van der Waals surface area (Å²) in [6, 6.07) is 6.76. The Morgan fingerprint density at radius 3 is 2.19 bits per heavy atom. The molecule has 1 aromatic carbocycles. The average molecular weight is 290 g/mol. The molecule has 0 spiro atoms. The van der Waals surface area contributed by atoms with E-state index in [0.717, 1.165) is 22.9 Å². The molecule has 0 radical (unpaired) electrons. The molecule has 21 heavy (non-hydrogen) atoms. The van der Waals surface area contributed by atoms with Crippen molar-refractivity contribution < 1.29 is 0 Å². The van der Waals surface area contributed by atoms with Crippen molar-refractivity contribution in [2.75, 3.05) is 11.1 Å². The van der Waals surface area contributed by atoms with Crippen molar-refractivity contribution in [3.63, 3.8) is 0 Å². The number of hydrogen-bond acceptors (Lipinski definition) is 2. The minimum absolute atomic E-state index is 0.516. The van der Waals surface area contributed by atoms with E-state index in [1.165, 1.54) is 44.9 Å². The number of nitrogens with one attached hydrogen (secondary N) is 1. The van der Waals surface area contributed by atoms with E-state index in [-0.39, 0.29) is 0 Å². The molecule has 3 N–H and O–H groups in total. The molecule has 0 aliphatic heterocycles. The first-order chi connectivity index (χ1) is 9.99. The maximum Gasteiger partial charge on any atom is 0.0364 e. The Balaban J connectivity index is 2.11. The second-order valence-corrected chi connectivity index (χ2v) is 6.86. The number of aryl methyl sites for hydroxylation is 1. The molecular formula is C19H34N2. The van der Waals surface area contributed by atoms with Crippen molar-refractivity contribution in [3.05, 3.63) is 23.8 Å². The number of anilines is 2. The van der Waals surface area contributed by atoms with Gasteiger partial charge in [0, 0.05) is 17.4 Å². The molecule has 1 unspecified atom stereocenters. The van der Waals surface area contributed by atoms with Gasteiger partial charge in [-0.3, -0.25) is 0 Å². The maximum atomic E-state index is 5.95. The van der Waals surface area contributed by atoms with Crippen molar-refractivity contribution in [3.8, 4) is 0 Å². The third kappa shape index (κ3) is 7.99. The van der Waals surface area contributed by atoms with Crippen LogP contribution < -0.4 is 11.1 Å². The molecule has 0 saturated heterocycles. The van der Waals surface area contributed by atoms with Gasteiger partial charge in [0.15, 0.2) is 0 Å². The number of unbranched alkanes of at least 4 members (excludes halogenated alkanes) is 4. The lowest BCUT2D eigenvalue weighted by Gasteiger charge is -2.16. The third-order valence-electron chi connectivity index (χ3n) is 4.11. The fourth-order valence-electron chi connectivity index (χ4n) is 2.62. The zero-order valence-corrected chi connectivity index (χ0v) is 14.4. The number of benzene rings is 1. The minimum Gasteiger partial charge on any atom is -0.398 e. The van der Waals surface area contributed by atoms with Crippen molar-refractivity contribution in [1.29, 1.82) is 0 Å². The molecule has 0 aromatic heterocycles. The largest absolute Gasteiger partial charge is 0.398 e. The van der Waals surface area contributed by atoms with E-state index >= 15 is 0 Å². The van der Waals surface area contributed by atoms with E-state index in [1.807, 2.05) is 13.0 Å². The van der Waals surface area contributed by atoms with Gasteiger partial charge in [-0.1, -0.05) is 58.4 Å². The number of nitrogen functional groups attached to an aromatic ring is 1. The summed E-state index contributed by atoms with van der Waals surface area (Å²) in [7, 11) is 0. The van der Waals surface area contributed by atoms with Crippen molar-refractivity contribution in [2.24, 2.45) is 5.92 Å². The van der Waals surface area contributed by atoms with Crippen molar-refractivity contribution in [2.45, 2.75) is 78.7 Å². The summed E-state index contributed by atoms with van der Waals surface area (Å²) in [4.78, 5) is 0. The predicted molar refractivity (Wildman–Crippen MR) is 95.8 cm³/mol. The predicted octanol–water partition coefficient (Wildman–Crippen LogP) is 5.76. The van der Waals surface area contributed by atoms with E-state index in [0.29, 0.717) is 6.04 Å². The molecule has 0 aliphatic rings. The Bertz CT molecular complexity index is 399. The fraction of sp³-hybridized carbons (Fsp3) is 0.684. The second-order valence-electron chi connectivity index (χ2n) is 6.86. The highest BCUT2D eigenvalue weighted by atomic mass is 14.9. The molecule has 120 valence electrons. The lowest BCUT2D eigenvalue weighted by Crippen LogP contribution is -2.15. The Kier molecular flexibility index (Phi) is 8.26. The smallest absolute Gasteiger partial charge is 0.0364 e. The Morgan fingerprint density at radius 2 is 1.57 bits per heavy atom. The Hall–Kier alpha value is -1.18. The lowest BCUT2D eigenvalue weighted by molar-refractivity contribution is 0.507. The molecule has 0 saturated carbocycles. The molecule has 0 aliphatic carbocycles. The standard InChI is InChI=1S/C19H34N2/c1-15(2)10-8-6-5-7-9-11-17(4)21-18-13-12-16(3)19(20)14-18/h12-15,17,21H,5-11,20H2,1-4H3. The molecular weight excluding hydrogens is 256 g/mol. The van der Waals surface area contributed by atoms with Crippen LogP contribution >= 0.6 is 0 Å². The van der Waals surface area contributed by atoms with Crippen molar-refractivity contribution >= 4 is 11.4 Å². The van der Waals surface area contributed by atoms with Crippen LogP contribution in [0.1, 0.15) is 71.3 Å². The van der Waals surface area contributed by atoms with E-state index in [2.05, 4.69) is 38.2 Å². The van der Waals surface area contributed by atoms with Gasteiger partial charge in [-0.15, -0.1) is 0 Å². The molecule has 2 nitrogen and oxygen atoms in total. The van der Waals surface area contributed by atoms with E-state index in [1.54, 1.807) is 0 Å². The highest BCUT2D eigenvalue weighted by Gasteiger charge is 2.03. The summed E-state index contributed by atoms with van der Waals surface area (Å²) in [5.41, 5.74) is 9.11. The van der Waals surface area contributed by atoms with Crippen LogP contribution in [0, 0.1) is 12.8 Å². The quantitative estimate of drug-likeness (QED) is 0.424. The molecule has 0 heterocycles. The first-order valence-corrected chi connectivity index (χ1v) is 8.61. The van der Waals surface area contributed by atoms with Crippen LogP contribution in [-0.2, 0) is 0 Å². The first-order valence-electron chi connectivity index (χ1n) is 8.61. The zero-order chi connectivity index (χ0) is 15.7. The van der Waals surface area contributed by atoms with Crippen LogP contribution in [-0.4, -0.2) is 6.04 Å². The SMILES string of the molecule is Cc1ccc(NC(C)CCCCCCCC(C)C)cc1N. The van der Waals surface area contributed by atoms with Gasteiger partial charge >= 0.3 is 0 Å². The monoisotopic (exact) mass is 290 g/mol. The summed E-state index contributed by atoms with van der Waals surface area (Å²) in [5.74, 6) is 0.858. The summed E-state index contributed by atoms with van der Waals surface area (Å²) >= 11 is 0. The summed E-state index contributed by atoms with van der Waals surface area (Å²) in [6.07, 6.45) is 9.47. The van der Waals surface area contributed by atoms with E-state index < -0.39 is 0 Å². The van der Waals surface area contributed by atoms with Gasteiger partial charge in [-0.05, 0) is 43.9 Å². The van der Waals surface area contributed by atoms with Crippen LogP contribution in [0.3, 0.4) is 0 Å². The van der Waals surface area contributed by atoms with Gasteiger partial charge in [0.05, 0.1) is 0 Å². The van der Waals surface area contributed by atoms with Gasteiger partial charge in [-0.25, -0.2) is 0 Å². The van der Waals surface area contributed by atoms with Gasteiger partial charge < -0.3 is 11.1 Å². The molecule has 0 amide bonds. The highest BCUT2D eigenvalue weighted by molar-refractivity contribution is 5.58. The second kappa shape index (κ2) is 9.70. The number of rotatable bonds is 10. The Labute approximate surface area is 131 Å². The third-order valence-corrected chi connectivity index (χ3v) is 4.11. The molecule has 2 heteroatoms. The van der Waals surface area contributed by atoms with Crippen LogP contribution in [0.2, 0.25) is 0 Å². The number of nitrogens with two attached hydrogens (primary N) is 1. The van der Waals surface area contributed by atoms with Crippen LogP contribution in [0.25, 0.3) is 0 Å². The summed E-state index contributed by atoms with van der Waals surface area (Å²) in [5, 5.41) is 3.55. The molecule has 1 aromatic rings. The van der Waals surface area contributed by atoms with Gasteiger partial charge in [0.2, 0.25) is 0 Å². The van der Waals surface area contributed by atoms with Gasteiger partial charge in [0.25, 0.3) is 0 Å². The zero-order valence-electron chi connectivity index (χ0n) is 14.4. The van der Waals surface area contributed by atoms with Gasteiger partial charge in [0.1, 0.15) is 0 Å². The topological polar surface area (TPSA) is 38.0 Å². The van der Waals surface area contributed by atoms with Crippen molar-refractivity contribution in [1.82, 2.24) is 0 Å². The van der Waals surface area contributed by atoms with Gasteiger partial charge in [-0.2, -0.15) is 0 Å². The molecule has 1 rings (SSSR count). The molecule has 0 bridgehead atoms. The Morgan fingerprint density at radius 1 is 0.952 bits per heavy atom. The lowest BCUT2D eigenvalue weighted by atomic mass is 10.0. The number of hydrogen-bond donors (Lipinski definition) is 2. The normalized spacial score (nSPS) is 12.6. The maximum absolute atomic E-state index is 5.95. The highest BCUT2D eigenvalue weighted by Crippen LogP contribution is 2.19. The van der Waals surface area contributed by atoms with Crippen LogP contribution in [0.15, 0.2) is 18.2 Å². The molecule has 1 atom stereocenters. The first kappa shape index (κ1) is 17.9. The van der Waals surface area contributed by atoms with E-state index in [4.69, 9.17) is 5.73 Å². The van der Waals surface area contributed by atoms with Crippen LogP contribution in [0.4, 0.5) is 11.4 Å². The molecule has 0 fully saturated rings.